The van der Waals surface area contributed by atoms with E-state index in [1.54, 1.807) is 36.4 Å². The van der Waals surface area contributed by atoms with Crippen LogP contribution in [0.5, 0.6) is 5.75 Å². The molecule has 3 aromatic rings. The highest BCUT2D eigenvalue weighted by atomic mass is 35.5. The Morgan fingerprint density at radius 1 is 1.07 bits per heavy atom. The summed E-state index contributed by atoms with van der Waals surface area (Å²) in [7, 11) is 0. The molecule has 1 aromatic heterocycles. The molecule has 144 valence electrons. The van der Waals surface area contributed by atoms with Crippen molar-refractivity contribution in [3.8, 4) is 5.75 Å². The van der Waals surface area contributed by atoms with Gasteiger partial charge in [-0.2, -0.15) is 0 Å². The molecule has 0 aliphatic carbocycles. The van der Waals surface area contributed by atoms with Crippen molar-refractivity contribution in [3.63, 3.8) is 0 Å². The lowest BCUT2D eigenvalue weighted by atomic mass is 10.2. The third-order valence-corrected chi connectivity index (χ3v) is 4.10. The van der Waals surface area contributed by atoms with Crippen LogP contribution >= 0.6 is 11.6 Å². The predicted molar refractivity (Wildman–Crippen MR) is 107 cm³/mol. The summed E-state index contributed by atoms with van der Waals surface area (Å²) in [4.78, 5) is 24.1. The van der Waals surface area contributed by atoms with Crippen LogP contribution in [0, 0.1) is 6.92 Å². The standard InChI is InChI=1S/C21H19ClN2O4/c1-14-5-2-3-8-18(14)27-13-17-9-10-19(28-17)21(26)23-12-20(25)24-16-7-4-6-15(22)11-16/h2-11H,12-13H2,1H3,(H,23,26)(H,24,25). The quantitative estimate of drug-likeness (QED) is 0.625. The fourth-order valence-electron chi connectivity index (χ4n) is 2.46. The van der Waals surface area contributed by atoms with Crippen molar-refractivity contribution >= 4 is 29.1 Å². The predicted octanol–water partition coefficient (Wildman–Crippen LogP) is 4.19. The lowest BCUT2D eigenvalue weighted by Crippen LogP contribution is -2.32. The summed E-state index contributed by atoms with van der Waals surface area (Å²) in [5, 5.41) is 5.67. The number of carbonyl (C=O) groups excluding carboxylic acids is 2. The summed E-state index contributed by atoms with van der Waals surface area (Å²) >= 11 is 5.87. The van der Waals surface area contributed by atoms with Gasteiger partial charge >= 0.3 is 0 Å². The van der Waals surface area contributed by atoms with Crippen LogP contribution in [0.4, 0.5) is 5.69 Å². The van der Waals surface area contributed by atoms with Gasteiger partial charge in [-0.3, -0.25) is 9.59 Å². The van der Waals surface area contributed by atoms with Crippen molar-refractivity contribution in [2.24, 2.45) is 0 Å². The van der Waals surface area contributed by atoms with Gasteiger partial charge in [-0.25, -0.2) is 0 Å². The number of rotatable bonds is 7. The first-order valence-corrected chi connectivity index (χ1v) is 9.00. The maximum atomic E-state index is 12.2. The molecule has 0 radical (unpaired) electrons. The second-order valence-electron chi connectivity index (χ2n) is 6.06. The topological polar surface area (TPSA) is 80.6 Å². The number of furan rings is 1. The molecular weight excluding hydrogens is 380 g/mol. The second kappa shape index (κ2) is 9.10. The van der Waals surface area contributed by atoms with Crippen molar-refractivity contribution in [1.29, 1.82) is 0 Å². The molecule has 7 heteroatoms. The first kappa shape index (κ1) is 19.5. The van der Waals surface area contributed by atoms with Crippen LogP contribution in [0.25, 0.3) is 0 Å². The van der Waals surface area contributed by atoms with Gasteiger partial charge < -0.3 is 19.8 Å². The van der Waals surface area contributed by atoms with E-state index < -0.39 is 5.91 Å². The molecule has 0 atom stereocenters. The minimum Gasteiger partial charge on any atom is -0.485 e. The van der Waals surface area contributed by atoms with Crippen molar-refractivity contribution in [3.05, 3.63) is 82.8 Å². The molecule has 0 unspecified atom stereocenters. The SMILES string of the molecule is Cc1ccccc1OCc1ccc(C(=O)NCC(=O)Nc2cccc(Cl)c2)o1. The maximum Gasteiger partial charge on any atom is 0.287 e. The lowest BCUT2D eigenvalue weighted by molar-refractivity contribution is -0.115. The Balaban J connectivity index is 1.48. The number of benzene rings is 2. The lowest BCUT2D eigenvalue weighted by Gasteiger charge is -2.07. The van der Waals surface area contributed by atoms with Crippen molar-refractivity contribution < 1.29 is 18.7 Å². The number of ether oxygens (including phenoxy) is 1. The highest BCUT2D eigenvalue weighted by Crippen LogP contribution is 2.19. The molecule has 0 fully saturated rings. The van der Waals surface area contributed by atoms with Gasteiger partial charge in [0.1, 0.15) is 18.1 Å². The fourth-order valence-corrected chi connectivity index (χ4v) is 2.65. The van der Waals surface area contributed by atoms with E-state index in [1.807, 2.05) is 31.2 Å². The van der Waals surface area contributed by atoms with Gasteiger partial charge in [-0.15, -0.1) is 0 Å². The average molecular weight is 399 g/mol. The van der Waals surface area contributed by atoms with Gasteiger partial charge in [-0.1, -0.05) is 35.9 Å². The molecule has 0 saturated carbocycles. The van der Waals surface area contributed by atoms with E-state index in [2.05, 4.69) is 10.6 Å². The minimum atomic E-state index is -0.483. The second-order valence-corrected chi connectivity index (χ2v) is 6.50. The molecule has 28 heavy (non-hydrogen) atoms. The largest absolute Gasteiger partial charge is 0.485 e. The summed E-state index contributed by atoms with van der Waals surface area (Å²) in [6.45, 7) is 1.96. The number of hydrogen-bond acceptors (Lipinski definition) is 4. The Morgan fingerprint density at radius 2 is 1.89 bits per heavy atom. The molecule has 1 heterocycles. The minimum absolute atomic E-state index is 0.110. The first-order chi connectivity index (χ1) is 13.5. The van der Waals surface area contributed by atoms with Gasteiger partial charge in [0, 0.05) is 10.7 Å². The Morgan fingerprint density at radius 3 is 2.68 bits per heavy atom. The van der Waals surface area contributed by atoms with E-state index in [9.17, 15) is 9.59 Å². The molecule has 2 aromatic carbocycles. The van der Waals surface area contributed by atoms with E-state index in [4.69, 9.17) is 20.8 Å². The van der Waals surface area contributed by atoms with Crippen LogP contribution < -0.4 is 15.4 Å². The van der Waals surface area contributed by atoms with E-state index in [1.165, 1.54) is 0 Å². The number of carbonyl (C=O) groups is 2. The number of nitrogens with one attached hydrogen (secondary N) is 2. The summed E-state index contributed by atoms with van der Waals surface area (Å²) in [5.41, 5.74) is 1.57. The molecule has 3 rings (SSSR count). The smallest absolute Gasteiger partial charge is 0.287 e. The highest BCUT2D eigenvalue weighted by molar-refractivity contribution is 6.30. The summed E-state index contributed by atoms with van der Waals surface area (Å²) in [5.74, 6) is 0.520. The molecule has 6 nitrogen and oxygen atoms in total. The van der Waals surface area contributed by atoms with Crippen LogP contribution in [0.15, 0.2) is 65.1 Å². The van der Waals surface area contributed by atoms with Crippen LogP contribution in [-0.4, -0.2) is 18.4 Å². The van der Waals surface area contributed by atoms with Crippen molar-refractivity contribution in [1.82, 2.24) is 5.32 Å². The van der Waals surface area contributed by atoms with E-state index >= 15 is 0 Å². The third kappa shape index (κ3) is 5.37. The van der Waals surface area contributed by atoms with Gasteiger partial charge in [-0.05, 0) is 48.9 Å². The first-order valence-electron chi connectivity index (χ1n) is 8.62. The summed E-state index contributed by atoms with van der Waals surface area (Å²) in [6.07, 6.45) is 0. The number of amides is 2. The molecule has 0 aliphatic heterocycles. The Labute approximate surface area is 167 Å². The van der Waals surface area contributed by atoms with Crippen LogP contribution in [0.1, 0.15) is 21.9 Å². The van der Waals surface area contributed by atoms with Gasteiger partial charge in [0.15, 0.2) is 5.76 Å². The van der Waals surface area contributed by atoms with Crippen molar-refractivity contribution in [2.75, 3.05) is 11.9 Å². The van der Waals surface area contributed by atoms with Gasteiger partial charge in [0.2, 0.25) is 5.91 Å². The van der Waals surface area contributed by atoms with E-state index in [0.29, 0.717) is 16.5 Å². The average Bonchev–Trinajstić information content (AvgIpc) is 3.15. The number of halogens is 1. The molecule has 0 saturated heterocycles. The van der Waals surface area contributed by atoms with Crippen molar-refractivity contribution in [2.45, 2.75) is 13.5 Å². The molecule has 0 bridgehead atoms. The van der Waals surface area contributed by atoms with Gasteiger partial charge in [0.25, 0.3) is 5.91 Å². The number of aryl methyl sites for hydroxylation is 1. The Hall–Kier alpha value is -3.25. The zero-order valence-corrected chi connectivity index (χ0v) is 16.0. The zero-order chi connectivity index (χ0) is 19.9. The molecule has 2 N–H and O–H groups in total. The number of hydrogen-bond donors (Lipinski definition) is 2. The molecule has 0 aliphatic rings. The number of para-hydroxylation sites is 1. The van der Waals surface area contributed by atoms with Crippen LogP contribution in [-0.2, 0) is 11.4 Å². The van der Waals surface area contributed by atoms with Crippen LogP contribution in [0.2, 0.25) is 5.02 Å². The zero-order valence-electron chi connectivity index (χ0n) is 15.2. The maximum absolute atomic E-state index is 12.2. The van der Waals surface area contributed by atoms with E-state index in [0.717, 1.165) is 11.3 Å². The highest BCUT2D eigenvalue weighted by Gasteiger charge is 2.13. The third-order valence-electron chi connectivity index (χ3n) is 3.87. The Bertz CT molecular complexity index is 984. The normalized spacial score (nSPS) is 10.4. The van der Waals surface area contributed by atoms with Gasteiger partial charge in [0.05, 0.1) is 6.54 Å². The van der Waals surface area contributed by atoms with E-state index in [-0.39, 0.29) is 24.8 Å². The molecule has 2 amide bonds. The Kier molecular flexibility index (Phi) is 6.34. The molecule has 0 spiro atoms. The summed E-state index contributed by atoms with van der Waals surface area (Å²) < 4.78 is 11.2. The number of anilines is 1. The van der Waals surface area contributed by atoms with Crippen LogP contribution in [0.3, 0.4) is 0 Å². The fraction of sp³-hybridized carbons (Fsp3) is 0.143. The molecular formula is C21H19ClN2O4. The monoisotopic (exact) mass is 398 g/mol. The summed E-state index contributed by atoms with van der Waals surface area (Å²) in [6, 6.07) is 17.6.